The van der Waals surface area contributed by atoms with Gasteiger partial charge in [-0.15, -0.1) is 0 Å². The van der Waals surface area contributed by atoms with Gasteiger partial charge in [-0.25, -0.2) is 4.79 Å². The van der Waals surface area contributed by atoms with Crippen molar-refractivity contribution >= 4 is 23.3 Å². The molecule has 1 atom stereocenters. The molecule has 0 saturated carbocycles. The predicted octanol–water partition coefficient (Wildman–Crippen LogP) is 3.51. The van der Waals surface area contributed by atoms with Crippen LogP contribution in [0.1, 0.15) is 52.9 Å². The number of carbonyl (C=O) groups is 3. The van der Waals surface area contributed by atoms with Crippen molar-refractivity contribution in [1.29, 1.82) is 0 Å². The maximum absolute atomic E-state index is 12.4. The Hall–Kier alpha value is -2.89. The van der Waals surface area contributed by atoms with Crippen molar-refractivity contribution in [3.05, 3.63) is 52.8 Å². The number of ether oxygens (including phenoxy) is 1. The second kappa shape index (κ2) is 7.99. The molecule has 26 heavy (non-hydrogen) atoms. The number of ketones is 1. The van der Waals surface area contributed by atoms with Crippen LogP contribution in [0.4, 0.5) is 5.69 Å². The standard InChI is InChI=1S/C20H24N2O4/c1-6-22-12(2)11-17(13(22)3)20(25)26-15(5)19(24)21-18-10-8-7-9-16(18)14(4)23/h7-11,15H,6H2,1-5H3,(H,21,24)/t15-/m1/s1. The minimum Gasteiger partial charge on any atom is -0.449 e. The molecule has 0 aliphatic heterocycles. The van der Waals surface area contributed by atoms with E-state index < -0.39 is 18.0 Å². The first kappa shape index (κ1) is 19.4. The minimum absolute atomic E-state index is 0.155. The summed E-state index contributed by atoms with van der Waals surface area (Å²) in [5.74, 6) is -1.19. The van der Waals surface area contributed by atoms with Crippen LogP contribution in [0.5, 0.6) is 0 Å². The van der Waals surface area contributed by atoms with E-state index in [0.717, 1.165) is 17.9 Å². The number of rotatable bonds is 6. The molecule has 2 aromatic rings. The van der Waals surface area contributed by atoms with Crippen LogP contribution in [0, 0.1) is 13.8 Å². The highest BCUT2D eigenvalue weighted by Crippen LogP contribution is 2.18. The topological polar surface area (TPSA) is 77.4 Å². The van der Waals surface area contributed by atoms with E-state index in [0.29, 0.717) is 16.8 Å². The summed E-state index contributed by atoms with van der Waals surface area (Å²) < 4.78 is 7.32. The van der Waals surface area contributed by atoms with E-state index in [-0.39, 0.29) is 5.78 Å². The summed E-state index contributed by atoms with van der Waals surface area (Å²) in [5, 5.41) is 2.65. The van der Waals surface area contributed by atoms with E-state index in [1.807, 2.05) is 25.3 Å². The molecule has 6 heteroatoms. The number of aryl methyl sites for hydroxylation is 1. The van der Waals surface area contributed by atoms with Gasteiger partial charge in [-0.3, -0.25) is 9.59 Å². The van der Waals surface area contributed by atoms with Gasteiger partial charge >= 0.3 is 5.97 Å². The zero-order chi connectivity index (χ0) is 19.4. The number of para-hydroxylation sites is 1. The summed E-state index contributed by atoms with van der Waals surface area (Å²) in [4.78, 5) is 36.4. The fourth-order valence-corrected chi connectivity index (χ4v) is 2.91. The van der Waals surface area contributed by atoms with Crippen molar-refractivity contribution in [2.45, 2.75) is 47.3 Å². The zero-order valence-electron chi connectivity index (χ0n) is 15.8. The van der Waals surface area contributed by atoms with E-state index in [1.54, 1.807) is 30.3 Å². The molecule has 0 aliphatic rings. The maximum Gasteiger partial charge on any atom is 0.340 e. The van der Waals surface area contributed by atoms with Gasteiger partial charge in [0.15, 0.2) is 11.9 Å². The number of anilines is 1. The van der Waals surface area contributed by atoms with Crippen molar-refractivity contribution in [1.82, 2.24) is 4.57 Å². The molecule has 2 rings (SSSR count). The molecule has 1 aromatic heterocycles. The van der Waals surface area contributed by atoms with Gasteiger partial charge < -0.3 is 14.6 Å². The molecule has 0 spiro atoms. The van der Waals surface area contributed by atoms with Gasteiger partial charge in [0, 0.05) is 23.5 Å². The number of benzene rings is 1. The van der Waals surface area contributed by atoms with Crippen LogP contribution in [0.25, 0.3) is 0 Å². The highest BCUT2D eigenvalue weighted by atomic mass is 16.5. The highest BCUT2D eigenvalue weighted by molar-refractivity contribution is 6.05. The molecule has 1 heterocycles. The van der Waals surface area contributed by atoms with Crippen molar-refractivity contribution in [2.24, 2.45) is 0 Å². The largest absolute Gasteiger partial charge is 0.449 e. The van der Waals surface area contributed by atoms with E-state index in [1.165, 1.54) is 13.8 Å². The molecule has 0 aliphatic carbocycles. The lowest BCUT2D eigenvalue weighted by atomic mass is 10.1. The normalized spacial score (nSPS) is 11.7. The second-order valence-electron chi connectivity index (χ2n) is 6.17. The molecule has 0 fully saturated rings. The van der Waals surface area contributed by atoms with E-state index >= 15 is 0 Å². The Bertz CT molecular complexity index is 851. The number of hydrogen-bond acceptors (Lipinski definition) is 4. The monoisotopic (exact) mass is 356 g/mol. The summed E-state index contributed by atoms with van der Waals surface area (Å²) >= 11 is 0. The Kier molecular flexibility index (Phi) is 5.97. The summed E-state index contributed by atoms with van der Waals surface area (Å²) in [6.07, 6.45) is -0.993. The summed E-state index contributed by atoms with van der Waals surface area (Å²) in [6.45, 7) is 9.45. The van der Waals surface area contributed by atoms with Gasteiger partial charge in [-0.05, 0) is 52.8 Å². The van der Waals surface area contributed by atoms with Crippen molar-refractivity contribution in [3.63, 3.8) is 0 Å². The van der Waals surface area contributed by atoms with E-state index in [4.69, 9.17) is 4.74 Å². The van der Waals surface area contributed by atoms with Crippen LogP contribution in [0.2, 0.25) is 0 Å². The number of nitrogens with one attached hydrogen (secondary N) is 1. The first-order valence-corrected chi connectivity index (χ1v) is 8.54. The third-order valence-electron chi connectivity index (χ3n) is 4.33. The van der Waals surface area contributed by atoms with Gasteiger partial charge in [-0.2, -0.15) is 0 Å². The lowest BCUT2D eigenvalue weighted by Gasteiger charge is -2.15. The minimum atomic E-state index is -0.993. The average molecular weight is 356 g/mol. The number of carbonyl (C=O) groups excluding carboxylic acids is 3. The number of esters is 1. The highest BCUT2D eigenvalue weighted by Gasteiger charge is 2.23. The maximum atomic E-state index is 12.4. The molecule has 0 unspecified atom stereocenters. The number of nitrogens with zero attached hydrogens (tertiary/aromatic N) is 1. The molecule has 0 bridgehead atoms. The Morgan fingerprint density at radius 1 is 1.15 bits per heavy atom. The summed E-state index contributed by atoms with van der Waals surface area (Å²) in [6, 6.07) is 8.47. The van der Waals surface area contributed by atoms with Gasteiger partial charge in [0.2, 0.25) is 0 Å². The average Bonchev–Trinajstić information content (AvgIpc) is 2.88. The van der Waals surface area contributed by atoms with Crippen LogP contribution >= 0.6 is 0 Å². The first-order chi connectivity index (χ1) is 12.3. The number of amides is 1. The summed E-state index contributed by atoms with van der Waals surface area (Å²) in [7, 11) is 0. The van der Waals surface area contributed by atoms with E-state index in [9.17, 15) is 14.4 Å². The van der Waals surface area contributed by atoms with Crippen LogP contribution in [-0.2, 0) is 16.1 Å². The van der Waals surface area contributed by atoms with Crippen molar-refractivity contribution in [2.75, 3.05) is 5.32 Å². The van der Waals surface area contributed by atoms with Gasteiger partial charge in [0.25, 0.3) is 5.91 Å². The molecular formula is C20H24N2O4. The molecule has 1 amide bonds. The Balaban J connectivity index is 2.10. The third kappa shape index (κ3) is 4.02. The van der Waals surface area contributed by atoms with Crippen LogP contribution in [0.3, 0.4) is 0 Å². The van der Waals surface area contributed by atoms with Crippen molar-refractivity contribution < 1.29 is 19.1 Å². The van der Waals surface area contributed by atoms with Crippen molar-refractivity contribution in [3.8, 4) is 0 Å². The fraction of sp³-hybridized carbons (Fsp3) is 0.350. The fourth-order valence-electron chi connectivity index (χ4n) is 2.91. The smallest absolute Gasteiger partial charge is 0.340 e. The SMILES string of the molecule is CCn1c(C)cc(C(=O)O[C@H](C)C(=O)Nc2ccccc2C(C)=O)c1C. The predicted molar refractivity (Wildman–Crippen MR) is 99.5 cm³/mol. The number of hydrogen-bond donors (Lipinski definition) is 1. The Morgan fingerprint density at radius 2 is 1.81 bits per heavy atom. The molecule has 0 radical (unpaired) electrons. The van der Waals surface area contributed by atoms with E-state index in [2.05, 4.69) is 5.32 Å². The molecule has 1 aromatic carbocycles. The number of aromatic nitrogens is 1. The molecule has 6 nitrogen and oxygen atoms in total. The van der Waals surface area contributed by atoms with Gasteiger partial charge in [0.1, 0.15) is 0 Å². The van der Waals surface area contributed by atoms with Gasteiger partial charge in [-0.1, -0.05) is 12.1 Å². The Morgan fingerprint density at radius 3 is 2.38 bits per heavy atom. The van der Waals surface area contributed by atoms with Gasteiger partial charge in [0.05, 0.1) is 11.3 Å². The molecule has 138 valence electrons. The molecule has 1 N–H and O–H groups in total. The lowest BCUT2D eigenvalue weighted by molar-refractivity contribution is -0.123. The Labute approximate surface area is 153 Å². The third-order valence-corrected chi connectivity index (χ3v) is 4.33. The van der Waals surface area contributed by atoms with Crippen LogP contribution in [-0.4, -0.2) is 28.3 Å². The van der Waals surface area contributed by atoms with Crippen LogP contribution in [0.15, 0.2) is 30.3 Å². The zero-order valence-corrected chi connectivity index (χ0v) is 15.8. The lowest BCUT2D eigenvalue weighted by Crippen LogP contribution is -2.30. The quantitative estimate of drug-likeness (QED) is 0.635. The first-order valence-electron chi connectivity index (χ1n) is 8.54. The molecular weight excluding hydrogens is 332 g/mol. The van der Waals surface area contributed by atoms with Crippen LogP contribution < -0.4 is 5.32 Å². The molecule has 0 saturated heterocycles. The second-order valence-corrected chi connectivity index (χ2v) is 6.17. The number of Topliss-reactive ketones (excluding diaryl/α,β-unsaturated/α-hetero) is 1. The summed E-state index contributed by atoms with van der Waals surface area (Å²) in [5.41, 5.74) is 3.03.